The minimum atomic E-state index is -0.407. The Kier molecular flexibility index (Phi) is 4.36. The number of carbonyl (C=O) groups excluding carboxylic acids is 2. The Hall–Kier alpha value is -2.64. The van der Waals surface area contributed by atoms with Crippen LogP contribution in [0.25, 0.3) is 0 Å². The third-order valence-electron chi connectivity index (χ3n) is 2.94. The number of esters is 1. The highest BCUT2D eigenvalue weighted by molar-refractivity contribution is 6.03. The molecule has 0 spiro atoms. The van der Waals surface area contributed by atoms with E-state index in [1.807, 2.05) is 6.92 Å². The van der Waals surface area contributed by atoms with E-state index < -0.39 is 5.97 Å². The van der Waals surface area contributed by atoms with Gasteiger partial charge in [-0.15, -0.1) is 0 Å². The van der Waals surface area contributed by atoms with E-state index in [0.717, 1.165) is 12.1 Å². The van der Waals surface area contributed by atoms with Crippen LogP contribution in [0.4, 0.5) is 5.69 Å². The lowest BCUT2D eigenvalue weighted by Gasteiger charge is -2.02. The topological polar surface area (TPSA) is 91.0 Å². The van der Waals surface area contributed by atoms with Crippen LogP contribution in [0.15, 0.2) is 18.5 Å². The van der Waals surface area contributed by atoms with E-state index >= 15 is 0 Å². The van der Waals surface area contributed by atoms with Gasteiger partial charge in [-0.2, -0.15) is 10.2 Å². The molecular formula is C13H17N5O3. The zero-order valence-electron chi connectivity index (χ0n) is 12.2. The van der Waals surface area contributed by atoms with Crippen molar-refractivity contribution in [3.63, 3.8) is 0 Å². The van der Waals surface area contributed by atoms with E-state index in [9.17, 15) is 9.59 Å². The van der Waals surface area contributed by atoms with Gasteiger partial charge in [0.2, 0.25) is 0 Å². The zero-order valence-corrected chi connectivity index (χ0v) is 12.2. The Labute approximate surface area is 121 Å². The number of ether oxygens (including phenoxy) is 1. The fourth-order valence-corrected chi connectivity index (χ4v) is 1.82. The summed E-state index contributed by atoms with van der Waals surface area (Å²) in [5.74, 6) is -0.683. The lowest BCUT2D eigenvalue weighted by Crippen LogP contribution is -2.16. The normalized spacial score (nSPS) is 10.4. The third kappa shape index (κ3) is 3.47. The molecule has 8 heteroatoms. The number of hydrogen-bond acceptors (Lipinski definition) is 5. The number of aryl methyl sites for hydroxylation is 2. The SMILES string of the molecule is CCc1cc(C(=O)Nc2cnn(CC(=O)OC)c2)n(C)n1. The van der Waals surface area contributed by atoms with E-state index in [4.69, 9.17) is 0 Å². The first-order valence-electron chi connectivity index (χ1n) is 6.47. The van der Waals surface area contributed by atoms with Crippen LogP contribution in [-0.4, -0.2) is 38.5 Å². The average Bonchev–Trinajstić information content (AvgIpc) is 3.05. The number of nitrogens with zero attached hydrogens (tertiary/aromatic N) is 4. The number of rotatable bonds is 5. The number of carbonyl (C=O) groups is 2. The van der Waals surface area contributed by atoms with Gasteiger partial charge < -0.3 is 10.1 Å². The maximum atomic E-state index is 12.2. The van der Waals surface area contributed by atoms with Gasteiger partial charge in [0.05, 0.1) is 24.7 Å². The molecule has 21 heavy (non-hydrogen) atoms. The molecule has 0 aliphatic heterocycles. The summed E-state index contributed by atoms with van der Waals surface area (Å²) >= 11 is 0. The van der Waals surface area contributed by atoms with Crippen LogP contribution >= 0.6 is 0 Å². The van der Waals surface area contributed by atoms with Crippen LogP contribution < -0.4 is 5.32 Å². The van der Waals surface area contributed by atoms with Gasteiger partial charge in [0, 0.05) is 13.2 Å². The highest BCUT2D eigenvalue weighted by Crippen LogP contribution is 2.10. The molecule has 0 aliphatic carbocycles. The minimum Gasteiger partial charge on any atom is -0.468 e. The molecule has 0 bridgehead atoms. The summed E-state index contributed by atoms with van der Waals surface area (Å²) in [6.45, 7) is 1.97. The molecule has 0 radical (unpaired) electrons. The Morgan fingerprint density at radius 2 is 2.19 bits per heavy atom. The number of aromatic nitrogens is 4. The van der Waals surface area contributed by atoms with Crippen molar-refractivity contribution in [3.8, 4) is 0 Å². The van der Waals surface area contributed by atoms with Crippen molar-refractivity contribution in [2.75, 3.05) is 12.4 Å². The van der Waals surface area contributed by atoms with Gasteiger partial charge in [-0.05, 0) is 12.5 Å². The zero-order chi connectivity index (χ0) is 15.4. The van der Waals surface area contributed by atoms with Crippen LogP contribution in [-0.2, 0) is 29.5 Å². The highest BCUT2D eigenvalue weighted by atomic mass is 16.5. The molecule has 0 saturated heterocycles. The Bertz CT molecular complexity index is 659. The average molecular weight is 291 g/mol. The van der Waals surface area contributed by atoms with Crippen molar-refractivity contribution in [3.05, 3.63) is 29.8 Å². The molecule has 0 unspecified atom stereocenters. The molecular weight excluding hydrogens is 274 g/mol. The molecule has 2 aromatic rings. The van der Waals surface area contributed by atoms with E-state index in [2.05, 4.69) is 20.3 Å². The molecule has 0 aromatic carbocycles. The molecule has 112 valence electrons. The van der Waals surface area contributed by atoms with Gasteiger partial charge in [-0.25, -0.2) is 0 Å². The summed E-state index contributed by atoms with van der Waals surface area (Å²) in [5, 5.41) is 10.9. The molecule has 0 fully saturated rings. The minimum absolute atomic E-state index is 0.00192. The Morgan fingerprint density at radius 1 is 1.43 bits per heavy atom. The lowest BCUT2D eigenvalue weighted by molar-refractivity contribution is -0.141. The summed E-state index contributed by atoms with van der Waals surface area (Å²) in [6, 6.07) is 1.74. The summed E-state index contributed by atoms with van der Waals surface area (Å²) in [7, 11) is 3.02. The van der Waals surface area contributed by atoms with Crippen LogP contribution in [0.1, 0.15) is 23.1 Å². The van der Waals surface area contributed by atoms with Crippen LogP contribution in [0.2, 0.25) is 0 Å². The monoisotopic (exact) mass is 291 g/mol. The Morgan fingerprint density at radius 3 is 2.81 bits per heavy atom. The largest absolute Gasteiger partial charge is 0.468 e. The number of methoxy groups -OCH3 is 1. The quantitative estimate of drug-likeness (QED) is 0.815. The molecule has 0 saturated carbocycles. The number of anilines is 1. The van der Waals surface area contributed by atoms with Crippen molar-refractivity contribution < 1.29 is 14.3 Å². The second kappa shape index (κ2) is 6.21. The van der Waals surface area contributed by atoms with Crippen molar-refractivity contribution in [1.29, 1.82) is 0 Å². The first kappa shape index (κ1) is 14.8. The molecule has 8 nitrogen and oxygen atoms in total. The second-order valence-electron chi connectivity index (χ2n) is 4.45. The van der Waals surface area contributed by atoms with E-state index in [0.29, 0.717) is 11.4 Å². The smallest absolute Gasteiger partial charge is 0.327 e. The van der Waals surface area contributed by atoms with Crippen molar-refractivity contribution >= 4 is 17.6 Å². The number of amides is 1. The highest BCUT2D eigenvalue weighted by Gasteiger charge is 2.14. The summed E-state index contributed by atoms with van der Waals surface area (Å²) in [4.78, 5) is 23.3. The second-order valence-corrected chi connectivity index (χ2v) is 4.45. The van der Waals surface area contributed by atoms with E-state index in [-0.39, 0.29) is 12.5 Å². The predicted molar refractivity (Wildman–Crippen MR) is 74.8 cm³/mol. The first-order valence-corrected chi connectivity index (χ1v) is 6.47. The predicted octanol–water partition coefficient (Wildman–Crippen LogP) is 0.604. The lowest BCUT2D eigenvalue weighted by atomic mass is 10.3. The number of hydrogen-bond donors (Lipinski definition) is 1. The summed E-state index contributed by atoms with van der Waals surface area (Å²) < 4.78 is 7.47. The first-order chi connectivity index (χ1) is 10.0. The Balaban J connectivity index is 2.05. The molecule has 2 heterocycles. The maximum Gasteiger partial charge on any atom is 0.327 e. The van der Waals surface area contributed by atoms with Crippen LogP contribution in [0.3, 0.4) is 0 Å². The standard InChI is InChI=1S/C13H17N5O3/c1-4-9-5-11(17(2)16-9)13(20)15-10-6-14-18(7-10)8-12(19)21-3/h5-7H,4,8H2,1-3H3,(H,15,20). The molecule has 2 aromatic heterocycles. The van der Waals surface area contributed by atoms with Gasteiger partial charge in [0.25, 0.3) is 5.91 Å². The molecule has 1 N–H and O–H groups in total. The number of nitrogens with one attached hydrogen (secondary N) is 1. The van der Waals surface area contributed by atoms with Crippen molar-refractivity contribution in [1.82, 2.24) is 19.6 Å². The van der Waals surface area contributed by atoms with Crippen LogP contribution in [0, 0.1) is 0 Å². The molecule has 0 aliphatic rings. The van der Waals surface area contributed by atoms with Gasteiger partial charge in [0.15, 0.2) is 0 Å². The van der Waals surface area contributed by atoms with E-state index in [1.165, 1.54) is 22.7 Å². The maximum absolute atomic E-state index is 12.2. The third-order valence-corrected chi connectivity index (χ3v) is 2.94. The van der Waals surface area contributed by atoms with Crippen molar-refractivity contribution in [2.24, 2.45) is 7.05 Å². The molecule has 2 rings (SSSR count). The van der Waals surface area contributed by atoms with Crippen molar-refractivity contribution in [2.45, 2.75) is 19.9 Å². The molecule has 0 atom stereocenters. The fraction of sp³-hybridized carbons (Fsp3) is 0.385. The fourth-order valence-electron chi connectivity index (χ4n) is 1.82. The van der Waals surface area contributed by atoms with Gasteiger partial charge >= 0.3 is 5.97 Å². The van der Waals surface area contributed by atoms with Gasteiger partial charge in [-0.1, -0.05) is 6.92 Å². The summed E-state index contributed by atoms with van der Waals surface area (Å²) in [6.07, 6.45) is 3.79. The van der Waals surface area contributed by atoms with E-state index in [1.54, 1.807) is 19.3 Å². The summed E-state index contributed by atoms with van der Waals surface area (Å²) in [5.41, 5.74) is 1.82. The molecule has 1 amide bonds. The van der Waals surface area contributed by atoms with Gasteiger partial charge in [0.1, 0.15) is 12.2 Å². The van der Waals surface area contributed by atoms with Crippen LogP contribution in [0.5, 0.6) is 0 Å². The van der Waals surface area contributed by atoms with Gasteiger partial charge in [-0.3, -0.25) is 19.0 Å².